The number of ketones is 2. The minimum Gasteiger partial charge on any atom is -0.288 e. The summed E-state index contributed by atoms with van der Waals surface area (Å²) in [5.41, 5.74) is -0.263. The Kier molecular flexibility index (Phi) is 3.76. The van der Waals surface area contributed by atoms with Crippen LogP contribution in [0.2, 0.25) is 0 Å². The Bertz CT molecular complexity index is 313. The molecule has 0 amide bonds. The second-order valence-electron chi connectivity index (χ2n) is 2.70. The van der Waals surface area contributed by atoms with E-state index in [0.29, 0.717) is 0 Å². The van der Waals surface area contributed by atoms with E-state index in [4.69, 9.17) is 0 Å². The first-order chi connectivity index (χ1) is 5.91. The second-order valence-corrected chi connectivity index (χ2v) is 2.70. The van der Waals surface area contributed by atoms with Crippen LogP contribution in [0.1, 0.15) is 13.8 Å². The number of rotatable bonds is 4. The van der Waals surface area contributed by atoms with E-state index >= 15 is 0 Å². The summed E-state index contributed by atoms with van der Waals surface area (Å²) >= 11 is 0. The third-order valence-electron chi connectivity index (χ3n) is 1.33. The highest BCUT2D eigenvalue weighted by Gasteiger charge is 2.20. The zero-order chi connectivity index (χ0) is 10.6. The molecule has 0 aromatic heterocycles. The molecule has 0 aromatic rings. The van der Waals surface area contributed by atoms with E-state index in [2.05, 4.69) is 13.2 Å². The predicted octanol–water partition coefficient (Wildman–Crippen LogP) is 1.03. The fourth-order valence-electron chi connectivity index (χ4n) is 0.623. The van der Waals surface area contributed by atoms with E-state index in [1.54, 1.807) is 0 Å². The number of allylic oxidation sites excluding steroid dienone is 3. The summed E-state index contributed by atoms with van der Waals surface area (Å²) in [6.45, 7) is 9.51. The van der Waals surface area contributed by atoms with Gasteiger partial charge in [-0.25, -0.2) is 4.79 Å². The summed E-state index contributed by atoms with van der Waals surface area (Å²) in [7, 11) is 0. The zero-order valence-corrected chi connectivity index (χ0v) is 7.64. The molecule has 3 nitrogen and oxygen atoms in total. The van der Waals surface area contributed by atoms with Crippen molar-refractivity contribution >= 4 is 17.5 Å². The third kappa shape index (κ3) is 2.65. The molecule has 0 saturated carbocycles. The lowest BCUT2D eigenvalue weighted by Gasteiger charge is -1.99. The van der Waals surface area contributed by atoms with E-state index in [-0.39, 0.29) is 11.1 Å². The SMILES string of the molecule is C=C(C)C(=O)C(=C=O)C(=O)C(=C)C. The highest BCUT2D eigenvalue weighted by Crippen LogP contribution is 2.06. The van der Waals surface area contributed by atoms with Crippen LogP contribution in [0, 0.1) is 0 Å². The van der Waals surface area contributed by atoms with Gasteiger partial charge in [-0.05, 0) is 25.0 Å². The first-order valence-electron chi connectivity index (χ1n) is 3.57. The maximum atomic E-state index is 11.2. The molecular formula is C10H10O3. The van der Waals surface area contributed by atoms with E-state index in [1.807, 2.05) is 0 Å². The lowest BCUT2D eigenvalue weighted by Crippen LogP contribution is -2.14. The molecule has 0 saturated heterocycles. The van der Waals surface area contributed by atoms with Crippen LogP contribution in [-0.2, 0) is 14.4 Å². The zero-order valence-electron chi connectivity index (χ0n) is 7.64. The number of carbonyl (C=O) groups is 2. The van der Waals surface area contributed by atoms with Crippen LogP contribution in [0.3, 0.4) is 0 Å². The van der Waals surface area contributed by atoms with Gasteiger partial charge in [-0.1, -0.05) is 13.2 Å². The van der Waals surface area contributed by atoms with E-state index in [9.17, 15) is 14.4 Å². The van der Waals surface area contributed by atoms with E-state index < -0.39 is 17.1 Å². The first kappa shape index (κ1) is 11.3. The molecule has 0 unspecified atom stereocenters. The minimum atomic E-state index is -0.678. The van der Waals surface area contributed by atoms with Gasteiger partial charge >= 0.3 is 0 Å². The number of Topliss-reactive ketones (excluding diaryl/α,β-unsaturated/α-hetero) is 2. The number of hydrogen-bond acceptors (Lipinski definition) is 3. The molecule has 68 valence electrons. The molecule has 0 N–H and O–H groups in total. The van der Waals surface area contributed by atoms with Crippen LogP contribution in [0.5, 0.6) is 0 Å². The molecule has 0 aliphatic rings. The molecule has 0 fully saturated rings. The van der Waals surface area contributed by atoms with Gasteiger partial charge in [0.05, 0.1) is 0 Å². The highest BCUT2D eigenvalue weighted by molar-refractivity contribution is 6.34. The Hall–Kier alpha value is -1.73. The summed E-state index contributed by atoms with van der Waals surface area (Å²) in [6, 6.07) is 0. The number of carbonyl (C=O) groups excluding carboxylic acids is 3. The molecule has 0 rings (SSSR count). The molecule has 0 radical (unpaired) electrons. The van der Waals surface area contributed by atoms with Crippen LogP contribution in [0.25, 0.3) is 0 Å². The summed E-state index contributed by atoms with van der Waals surface area (Å²) in [6.07, 6.45) is 0. The van der Waals surface area contributed by atoms with Crippen molar-refractivity contribution in [2.45, 2.75) is 13.8 Å². The fraction of sp³-hybridized carbons (Fsp3) is 0.200. The average Bonchev–Trinajstić information content (AvgIpc) is 2.04. The molecule has 0 heterocycles. The molecular weight excluding hydrogens is 168 g/mol. The molecule has 3 heteroatoms. The highest BCUT2D eigenvalue weighted by atomic mass is 16.2. The van der Waals surface area contributed by atoms with Gasteiger partial charge in [-0.2, -0.15) is 0 Å². The molecule has 0 spiro atoms. The van der Waals surface area contributed by atoms with Crippen molar-refractivity contribution in [2.75, 3.05) is 0 Å². The Morgan fingerprint density at radius 3 is 1.46 bits per heavy atom. The Morgan fingerprint density at radius 1 is 1.00 bits per heavy atom. The molecule has 13 heavy (non-hydrogen) atoms. The van der Waals surface area contributed by atoms with Gasteiger partial charge in [-0.15, -0.1) is 0 Å². The lowest BCUT2D eigenvalue weighted by atomic mass is 10.00. The summed E-state index contributed by atoms with van der Waals surface area (Å²) in [5, 5.41) is 0. The smallest absolute Gasteiger partial charge is 0.203 e. The summed E-state index contributed by atoms with van der Waals surface area (Å²) in [4.78, 5) is 32.6. The maximum Gasteiger partial charge on any atom is 0.203 e. The summed E-state index contributed by atoms with van der Waals surface area (Å²) in [5.74, 6) is -0.0454. The van der Waals surface area contributed by atoms with Crippen molar-refractivity contribution in [3.63, 3.8) is 0 Å². The normalized spacial score (nSPS) is 8.46. The largest absolute Gasteiger partial charge is 0.288 e. The van der Waals surface area contributed by atoms with Crippen LogP contribution < -0.4 is 0 Å². The standard InChI is InChI=1S/C10H10O3/c1-6(2)9(12)8(5-11)10(13)7(3)4/h1,3H2,2,4H3. The van der Waals surface area contributed by atoms with Crippen molar-refractivity contribution < 1.29 is 14.4 Å². The van der Waals surface area contributed by atoms with Gasteiger partial charge in [0.25, 0.3) is 0 Å². The topological polar surface area (TPSA) is 51.2 Å². The van der Waals surface area contributed by atoms with Crippen molar-refractivity contribution in [2.24, 2.45) is 0 Å². The molecule has 0 aliphatic carbocycles. The van der Waals surface area contributed by atoms with Gasteiger partial charge in [0, 0.05) is 0 Å². The summed E-state index contributed by atoms with van der Waals surface area (Å²) < 4.78 is 0. The average molecular weight is 178 g/mol. The Balaban J connectivity index is 5.08. The second kappa shape index (κ2) is 4.33. The molecule has 0 aliphatic heterocycles. The van der Waals surface area contributed by atoms with Crippen LogP contribution in [-0.4, -0.2) is 17.5 Å². The minimum absolute atomic E-state index is 0.132. The quantitative estimate of drug-likeness (QED) is 0.279. The Labute approximate surface area is 76.4 Å². The van der Waals surface area contributed by atoms with Crippen LogP contribution >= 0.6 is 0 Å². The fourth-order valence-corrected chi connectivity index (χ4v) is 0.623. The monoisotopic (exact) mass is 178 g/mol. The van der Waals surface area contributed by atoms with Crippen LogP contribution in [0.4, 0.5) is 0 Å². The first-order valence-corrected chi connectivity index (χ1v) is 3.57. The number of hydrogen-bond donors (Lipinski definition) is 0. The van der Waals surface area contributed by atoms with Gasteiger partial charge in [-0.3, -0.25) is 9.59 Å². The Morgan fingerprint density at radius 2 is 1.31 bits per heavy atom. The van der Waals surface area contributed by atoms with E-state index in [1.165, 1.54) is 19.8 Å². The third-order valence-corrected chi connectivity index (χ3v) is 1.33. The predicted molar refractivity (Wildman–Crippen MR) is 48.8 cm³/mol. The van der Waals surface area contributed by atoms with Crippen LogP contribution in [0.15, 0.2) is 29.9 Å². The van der Waals surface area contributed by atoms with Gasteiger partial charge in [0.2, 0.25) is 11.6 Å². The lowest BCUT2D eigenvalue weighted by molar-refractivity contribution is -0.117. The van der Waals surface area contributed by atoms with Crippen molar-refractivity contribution in [1.82, 2.24) is 0 Å². The molecule has 0 bridgehead atoms. The van der Waals surface area contributed by atoms with Crippen molar-refractivity contribution in [1.29, 1.82) is 0 Å². The van der Waals surface area contributed by atoms with Crippen molar-refractivity contribution in [3.8, 4) is 0 Å². The van der Waals surface area contributed by atoms with Gasteiger partial charge in [0.1, 0.15) is 5.94 Å². The molecule has 0 atom stereocenters. The van der Waals surface area contributed by atoms with Crippen molar-refractivity contribution in [3.05, 3.63) is 29.9 Å². The van der Waals surface area contributed by atoms with E-state index in [0.717, 1.165) is 0 Å². The van der Waals surface area contributed by atoms with Gasteiger partial charge in [0.15, 0.2) is 5.57 Å². The molecule has 0 aromatic carbocycles. The maximum absolute atomic E-state index is 11.2. The van der Waals surface area contributed by atoms with Gasteiger partial charge < -0.3 is 0 Å².